The Morgan fingerprint density at radius 3 is 2.62 bits per heavy atom. The molecule has 1 aliphatic heterocycles. The van der Waals surface area contributed by atoms with Gasteiger partial charge in [-0.05, 0) is 25.5 Å². The van der Waals surface area contributed by atoms with Crippen molar-refractivity contribution in [3.63, 3.8) is 0 Å². The van der Waals surface area contributed by atoms with E-state index in [1.54, 1.807) is 11.3 Å². The Kier molecular flexibility index (Phi) is 4.35. The van der Waals surface area contributed by atoms with Crippen molar-refractivity contribution in [2.75, 3.05) is 11.4 Å². The van der Waals surface area contributed by atoms with Crippen LogP contribution < -0.4 is 4.90 Å². The average Bonchev–Trinajstić information content (AvgIpc) is 3.33. The molecule has 1 unspecified atom stereocenters. The van der Waals surface area contributed by atoms with E-state index < -0.39 is 0 Å². The molecule has 1 aromatic carbocycles. The van der Waals surface area contributed by atoms with Crippen molar-refractivity contribution in [1.82, 2.24) is 24.7 Å². The van der Waals surface area contributed by atoms with E-state index in [0.29, 0.717) is 5.92 Å². The number of hydrogen-bond acceptors (Lipinski definition) is 6. The Bertz CT molecular complexity index is 1180. The summed E-state index contributed by atoms with van der Waals surface area (Å²) < 4.78 is 2.28. The van der Waals surface area contributed by atoms with Crippen molar-refractivity contribution in [2.45, 2.75) is 46.2 Å². The third kappa shape index (κ3) is 3.00. The smallest absolute Gasteiger partial charge is 0.155 e. The monoisotopic (exact) mass is 404 g/mol. The SMILES string of the molecule is Cc1nc(N2CCn3c(C(C)C)nnc3C2C)c2cc(-c3ccccc3)sc2n1. The Labute approximate surface area is 174 Å². The second-order valence-corrected chi connectivity index (χ2v) is 8.91. The highest BCUT2D eigenvalue weighted by Gasteiger charge is 2.31. The zero-order valence-corrected chi connectivity index (χ0v) is 17.9. The zero-order chi connectivity index (χ0) is 20.1. The van der Waals surface area contributed by atoms with Crippen molar-refractivity contribution in [1.29, 1.82) is 0 Å². The molecular formula is C22H24N6S. The van der Waals surface area contributed by atoms with E-state index in [1.807, 2.05) is 13.0 Å². The Hall–Kier alpha value is -2.80. The minimum Gasteiger partial charge on any atom is -0.344 e. The molecule has 0 bridgehead atoms. The molecule has 1 atom stereocenters. The van der Waals surface area contributed by atoms with E-state index in [1.165, 1.54) is 10.4 Å². The molecule has 148 valence electrons. The zero-order valence-electron chi connectivity index (χ0n) is 17.1. The quantitative estimate of drug-likeness (QED) is 0.483. The summed E-state index contributed by atoms with van der Waals surface area (Å²) in [4.78, 5) is 14.2. The molecule has 0 amide bonds. The maximum absolute atomic E-state index is 4.86. The third-order valence-corrected chi connectivity index (χ3v) is 6.62. The number of aryl methyl sites for hydroxylation is 1. The fourth-order valence-electron chi connectivity index (χ4n) is 4.10. The number of thiophene rings is 1. The summed E-state index contributed by atoms with van der Waals surface area (Å²) in [6.45, 7) is 10.3. The maximum atomic E-state index is 4.86. The normalized spacial score (nSPS) is 16.6. The molecule has 4 heterocycles. The first-order valence-corrected chi connectivity index (χ1v) is 10.9. The van der Waals surface area contributed by atoms with Gasteiger partial charge < -0.3 is 9.47 Å². The van der Waals surface area contributed by atoms with Gasteiger partial charge in [-0.3, -0.25) is 0 Å². The van der Waals surface area contributed by atoms with Gasteiger partial charge in [0, 0.05) is 23.9 Å². The number of benzene rings is 1. The Morgan fingerprint density at radius 2 is 1.86 bits per heavy atom. The minimum atomic E-state index is 0.112. The van der Waals surface area contributed by atoms with E-state index in [4.69, 9.17) is 9.97 Å². The fourth-order valence-corrected chi connectivity index (χ4v) is 5.17. The van der Waals surface area contributed by atoms with E-state index in [0.717, 1.165) is 46.6 Å². The van der Waals surface area contributed by atoms with Crippen LogP contribution in [0.4, 0.5) is 5.82 Å². The van der Waals surface area contributed by atoms with Crippen LogP contribution in [0.5, 0.6) is 0 Å². The lowest BCUT2D eigenvalue weighted by molar-refractivity contribution is 0.477. The summed E-state index contributed by atoms with van der Waals surface area (Å²) in [7, 11) is 0. The van der Waals surface area contributed by atoms with Crippen LogP contribution in [0.1, 0.15) is 50.2 Å². The average molecular weight is 405 g/mol. The number of fused-ring (bicyclic) bond motifs is 2. The van der Waals surface area contributed by atoms with Crippen LogP contribution >= 0.6 is 11.3 Å². The van der Waals surface area contributed by atoms with Crippen LogP contribution in [0.25, 0.3) is 20.7 Å². The summed E-state index contributed by atoms with van der Waals surface area (Å²) in [5, 5.41) is 10.1. The molecule has 4 aromatic rings. The first-order valence-electron chi connectivity index (χ1n) is 10.1. The molecule has 6 nitrogen and oxygen atoms in total. The number of rotatable bonds is 3. The predicted molar refractivity (Wildman–Crippen MR) is 117 cm³/mol. The second kappa shape index (κ2) is 6.91. The van der Waals surface area contributed by atoms with Crippen LogP contribution in [0.3, 0.4) is 0 Å². The molecular weight excluding hydrogens is 380 g/mol. The van der Waals surface area contributed by atoms with Crippen LogP contribution in [0, 0.1) is 6.92 Å². The molecule has 1 aliphatic rings. The standard InChI is InChI=1S/C22H24N6S/c1-13(2)19-25-26-20-14(3)27(10-11-28(19)20)21-17-12-18(16-8-6-5-7-9-16)29-22(17)24-15(4)23-21/h5-9,12-14H,10-11H2,1-4H3. The lowest BCUT2D eigenvalue weighted by atomic mass is 10.1. The highest BCUT2D eigenvalue weighted by atomic mass is 32.1. The van der Waals surface area contributed by atoms with E-state index in [-0.39, 0.29) is 6.04 Å². The van der Waals surface area contributed by atoms with Gasteiger partial charge in [-0.1, -0.05) is 44.2 Å². The molecule has 29 heavy (non-hydrogen) atoms. The van der Waals surface area contributed by atoms with Gasteiger partial charge in [-0.15, -0.1) is 21.5 Å². The number of nitrogens with zero attached hydrogens (tertiary/aromatic N) is 6. The van der Waals surface area contributed by atoms with Gasteiger partial charge in [0.25, 0.3) is 0 Å². The summed E-state index contributed by atoms with van der Waals surface area (Å²) in [6.07, 6.45) is 0. The predicted octanol–water partition coefficient (Wildman–Crippen LogP) is 4.96. The maximum Gasteiger partial charge on any atom is 0.155 e. The molecule has 7 heteroatoms. The van der Waals surface area contributed by atoms with E-state index in [2.05, 4.69) is 70.8 Å². The molecule has 3 aromatic heterocycles. The van der Waals surface area contributed by atoms with Crippen LogP contribution in [-0.4, -0.2) is 31.3 Å². The fraction of sp³-hybridized carbons (Fsp3) is 0.364. The van der Waals surface area contributed by atoms with Gasteiger partial charge in [-0.2, -0.15) is 0 Å². The van der Waals surface area contributed by atoms with Gasteiger partial charge in [-0.25, -0.2) is 9.97 Å². The first-order chi connectivity index (χ1) is 14.0. The third-order valence-electron chi connectivity index (χ3n) is 5.54. The Balaban J connectivity index is 1.60. The van der Waals surface area contributed by atoms with Crippen molar-refractivity contribution in [3.05, 3.63) is 53.9 Å². The van der Waals surface area contributed by atoms with Crippen molar-refractivity contribution in [2.24, 2.45) is 0 Å². The van der Waals surface area contributed by atoms with Gasteiger partial charge >= 0.3 is 0 Å². The molecule has 0 saturated carbocycles. The highest BCUT2D eigenvalue weighted by molar-refractivity contribution is 7.21. The van der Waals surface area contributed by atoms with Crippen molar-refractivity contribution in [3.8, 4) is 10.4 Å². The lowest BCUT2D eigenvalue weighted by Gasteiger charge is -2.35. The summed E-state index contributed by atoms with van der Waals surface area (Å²) in [5.74, 6) is 4.25. The molecule has 0 aliphatic carbocycles. The van der Waals surface area contributed by atoms with Gasteiger partial charge in [0.2, 0.25) is 0 Å². The second-order valence-electron chi connectivity index (χ2n) is 7.88. The van der Waals surface area contributed by atoms with Gasteiger partial charge in [0.1, 0.15) is 22.3 Å². The minimum absolute atomic E-state index is 0.112. The molecule has 0 radical (unpaired) electrons. The van der Waals surface area contributed by atoms with Gasteiger partial charge in [0.05, 0.1) is 11.4 Å². The molecule has 0 spiro atoms. The first kappa shape index (κ1) is 18.2. The van der Waals surface area contributed by atoms with Crippen molar-refractivity contribution >= 4 is 27.4 Å². The summed E-state index contributed by atoms with van der Waals surface area (Å²) in [6, 6.07) is 12.8. The van der Waals surface area contributed by atoms with E-state index in [9.17, 15) is 0 Å². The molecule has 0 N–H and O–H groups in total. The van der Waals surface area contributed by atoms with Crippen LogP contribution in [0.2, 0.25) is 0 Å². The largest absolute Gasteiger partial charge is 0.344 e. The van der Waals surface area contributed by atoms with Crippen molar-refractivity contribution < 1.29 is 0 Å². The lowest BCUT2D eigenvalue weighted by Crippen LogP contribution is -2.38. The number of aromatic nitrogens is 5. The summed E-state index contributed by atoms with van der Waals surface area (Å²) >= 11 is 1.73. The number of hydrogen-bond donors (Lipinski definition) is 0. The highest BCUT2D eigenvalue weighted by Crippen LogP contribution is 2.39. The van der Waals surface area contributed by atoms with Crippen LogP contribution in [-0.2, 0) is 6.54 Å². The van der Waals surface area contributed by atoms with E-state index >= 15 is 0 Å². The van der Waals surface area contributed by atoms with Crippen LogP contribution in [0.15, 0.2) is 36.4 Å². The summed E-state index contributed by atoms with van der Waals surface area (Å²) in [5.41, 5.74) is 1.21. The molecule has 5 rings (SSSR count). The molecule has 0 saturated heterocycles. The Morgan fingerprint density at radius 1 is 1.07 bits per heavy atom. The van der Waals surface area contributed by atoms with Gasteiger partial charge in [0.15, 0.2) is 5.82 Å². The topological polar surface area (TPSA) is 59.7 Å². The number of anilines is 1. The molecule has 0 fully saturated rings.